The van der Waals surface area contributed by atoms with E-state index in [4.69, 9.17) is 0 Å². The number of hydrogen-bond acceptors (Lipinski definition) is 3. The maximum atomic E-state index is 12.1. The number of hydrogen-bond donors (Lipinski definition) is 2. The first-order valence-corrected chi connectivity index (χ1v) is 6.61. The largest absolute Gasteiger partial charge is 0.396 e. The van der Waals surface area contributed by atoms with Crippen molar-refractivity contribution in [1.29, 1.82) is 0 Å². The minimum Gasteiger partial charge on any atom is -0.396 e. The third-order valence-corrected chi connectivity index (χ3v) is 4.67. The summed E-state index contributed by atoms with van der Waals surface area (Å²) in [6.07, 6.45) is 3.31. The molecule has 0 aliphatic heterocycles. The third-order valence-electron chi connectivity index (χ3n) is 4.67. The Balaban J connectivity index is 2.48. The molecule has 2 aliphatic carbocycles. The Hall–Kier alpha value is -0.930. The Morgan fingerprint density at radius 1 is 1.50 bits per heavy atom. The van der Waals surface area contributed by atoms with E-state index < -0.39 is 6.10 Å². The molecule has 18 heavy (non-hydrogen) atoms. The van der Waals surface area contributed by atoms with E-state index in [2.05, 4.69) is 6.92 Å². The zero-order chi connectivity index (χ0) is 13.5. The highest BCUT2D eigenvalue weighted by Gasteiger charge is 2.47. The molecule has 0 heterocycles. The molecule has 0 unspecified atom stereocenters. The maximum Gasteiger partial charge on any atom is 0.181 e. The molecule has 0 radical (unpaired) electrons. The van der Waals surface area contributed by atoms with Crippen LogP contribution in [0.4, 0.5) is 0 Å². The van der Waals surface area contributed by atoms with Crippen molar-refractivity contribution in [2.75, 3.05) is 6.61 Å². The number of allylic oxidation sites excluding steroid dienone is 4. The molecule has 100 valence electrons. The van der Waals surface area contributed by atoms with Crippen LogP contribution in [0.1, 0.15) is 40.0 Å². The quantitative estimate of drug-likeness (QED) is 0.700. The molecule has 3 atom stereocenters. The van der Waals surface area contributed by atoms with Crippen LogP contribution in [-0.4, -0.2) is 28.7 Å². The molecule has 2 aliphatic rings. The molecule has 0 spiro atoms. The summed E-state index contributed by atoms with van der Waals surface area (Å²) < 4.78 is 0. The Labute approximate surface area is 108 Å². The number of rotatable bonds is 1. The van der Waals surface area contributed by atoms with E-state index in [1.807, 2.05) is 13.8 Å². The van der Waals surface area contributed by atoms with Crippen LogP contribution >= 0.6 is 0 Å². The van der Waals surface area contributed by atoms with Gasteiger partial charge in [0.2, 0.25) is 0 Å². The summed E-state index contributed by atoms with van der Waals surface area (Å²) in [5.41, 5.74) is 2.70. The number of fused-ring (bicyclic) bond motifs is 1. The van der Waals surface area contributed by atoms with Crippen LogP contribution in [0, 0.1) is 11.3 Å². The second-order valence-electron chi connectivity index (χ2n) is 6.00. The van der Waals surface area contributed by atoms with Crippen molar-refractivity contribution < 1.29 is 15.0 Å². The van der Waals surface area contributed by atoms with Gasteiger partial charge in [0.25, 0.3) is 0 Å². The van der Waals surface area contributed by atoms with Gasteiger partial charge in [0, 0.05) is 17.9 Å². The Bertz CT molecular complexity index is 429. The summed E-state index contributed by atoms with van der Waals surface area (Å²) in [7, 11) is 0. The Morgan fingerprint density at radius 2 is 2.17 bits per heavy atom. The van der Waals surface area contributed by atoms with E-state index in [-0.39, 0.29) is 23.7 Å². The van der Waals surface area contributed by atoms with Crippen LogP contribution < -0.4 is 0 Å². The second-order valence-corrected chi connectivity index (χ2v) is 6.00. The topological polar surface area (TPSA) is 57.5 Å². The van der Waals surface area contributed by atoms with Crippen molar-refractivity contribution >= 4 is 5.78 Å². The van der Waals surface area contributed by atoms with Gasteiger partial charge in [-0.2, -0.15) is 0 Å². The predicted octanol–water partition coefficient (Wildman–Crippen LogP) is 1.99. The monoisotopic (exact) mass is 250 g/mol. The minimum absolute atomic E-state index is 0.0285. The first-order chi connectivity index (χ1) is 8.40. The number of ketones is 1. The molecule has 1 fully saturated rings. The summed E-state index contributed by atoms with van der Waals surface area (Å²) in [6, 6.07) is 0. The second kappa shape index (κ2) is 4.63. The molecule has 0 aromatic carbocycles. The predicted molar refractivity (Wildman–Crippen MR) is 70.0 cm³/mol. The van der Waals surface area contributed by atoms with Gasteiger partial charge in [-0.15, -0.1) is 0 Å². The SMILES string of the molecule is CC(C)=C1C[C@@]2(C)C(=CC1=O)CC[C@H](O)[C@@H]2CO. The molecule has 2 N–H and O–H groups in total. The molecule has 3 heteroatoms. The lowest BCUT2D eigenvalue weighted by atomic mass is 9.58. The van der Waals surface area contributed by atoms with E-state index in [0.29, 0.717) is 12.8 Å². The van der Waals surface area contributed by atoms with Gasteiger partial charge >= 0.3 is 0 Å². The number of carbonyl (C=O) groups excluding carboxylic acids is 1. The Kier molecular flexibility index (Phi) is 3.47. The minimum atomic E-state index is -0.469. The van der Waals surface area contributed by atoms with E-state index in [1.165, 1.54) is 0 Å². The first-order valence-electron chi connectivity index (χ1n) is 6.61. The van der Waals surface area contributed by atoms with Crippen LogP contribution in [0.25, 0.3) is 0 Å². The fourth-order valence-electron chi connectivity index (χ4n) is 3.38. The van der Waals surface area contributed by atoms with Gasteiger partial charge in [-0.25, -0.2) is 0 Å². The van der Waals surface area contributed by atoms with Gasteiger partial charge in [0.1, 0.15) is 0 Å². The molecule has 0 bridgehead atoms. The van der Waals surface area contributed by atoms with Crippen molar-refractivity contribution in [3.05, 3.63) is 22.8 Å². The van der Waals surface area contributed by atoms with Crippen molar-refractivity contribution in [2.24, 2.45) is 11.3 Å². The number of carbonyl (C=O) groups is 1. The van der Waals surface area contributed by atoms with Crippen LogP contribution in [0.3, 0.4) is 0 Å². The number of aliphatic hydroxyl groups is 2. The standard InChI is InChI=1S/C15H22O3/c1-9(2)11-7-15(3)10(6-14(11)18)4-5-13(17)12(15)8-16/h6,12-13,16-17H,4-5,7-8H2,1-3H3/t12-,13-,15-/m0/s1. The molecule has 1 saturated carbocycles. The number of aliphatic hydroxyl groups excluding tert-OH is 2. The van der Waals surface area contributed by atoms with Crippen molar-refractivity contribution in [2.45, 2.75) is 46.1 Å². The summed E-state index contributed by atoms with van der Waals surface area (Å²) in [5, 5.41) is 19.6. The highest BCUT2D eigenvalue weighted by atomic mass is 16.3. The van der Waals surface area contributed by atoms with E-state index in [9.17, 15) is 15.0 Å². The summed E-state index contributed by atoms with van der Waals surface area (Å²) in [5.74, 6) is -0.0597. The molecule has 2 rings (SSSR count). The normalized spacial score (nSPS) is 36.2. The summed E-state index contributed by atoms with van der Waals surface area (Å²) in [6.45, 7) is 5.93. The lowest BCUT2D eigenvalue weighted by Gasteiger charge is -2.48. The van der Waals surface area contributed by atoms with Gasteiger partial charge in [-0.1, -0.05) is 18.1 Å². The van der Waals surface area contributed by atoms with Gasteiger partial charge in [-0.3, -0.25) is 4.79 Å². The van der Waals surface area contributed by atoms with E-state index in [0.717, 1.165) is 23.1 Å². The van der Waals surface area contributed by atoms with Crippen molar-refractivity contribution in [1.82, 2.24) is 0 Å². The molecule has 0 aromatic heterocycles. The highest BCUT2D eigenvalue weighted by Crippen LogP contribution is 2.51. The summed E-state index contributed by atoms with van der Waals surface area (Å²) >= 11 is 0. The molecule has 0 saturated heterocycles. The van der Waals surface area contributed by atoms with E-state index >= 15 is 0 Å². The Morgan fingerprint density at radius 3 is 2.72 bits per heavy atom. The van der Waals surface area contributed by atoms with Crippen LogP contribution in [0.2, 0.25) is 0 Å². The van der Waals surface area contributed by atoms with Gasteiger partial charge < -0.3 is 10.2 Å². The smallest absolute Gasteiger partial charge is 0.181 e. The lowest BCUT2D eigenvalue weighted by Crippen LogP contribution is -2.46. The fraction of sp³-hybridized carbons (Fsp3) is 0.667. The van der Waals surface area contributed by atoms with Crippen LogP contribution in [0.15, 0.2) is 22.8 Å². The molecular formula is C15H22O3. The first kappa shape index (κ1) is 13.5. The van der Waals surface area contributed by atoms with Gasteiger partial charge in [0.05, 0.1) is 6.10 Å². The van der Waals surface area contributed by atoms with E-state index in [1.54, 1.807) is 6.08 Å². The highest BCUT2D eigenvalue weighted by molar-refractivity contribution is 6.06. The molecular weight excluding hydrogens is 228 g/mol. The van der Waals surface area contributed by atoms with Gasteiger partial charge in [-0.05, 0) is 44.8 Å². The molecule has 0 aromatic rings. The molecule has 0 amide bonds. The van der Waals surface area contributed by atoms with Crippen LogP contribution in [-0.2, 0) is 4.79 Å². The third kappa shape index (κ3) is 1.95. The van der Waals surface area contributed by atoms with Crippen molar-refractivity contribution in [3.8, 4) is 0 Å². The zero-order valence-corrected chi connectivity index (χ0v) is 11.4. The average Bonchev–Trinajstić information content (AvgIpc) is 2.29. The van der Waals surface area contributed by atoms with Gasteiger partial charge in [0.15, 0.2) is 5.78 Å². The molecule has 3 nitrogen and oxygen atoms in total. The fourth-order valence-corrected chi connectivity index (χ4v) is 3.38. The zero-order valence-electron chi connectivity index (χ0n) is 11.4. The lowest BCUT2D eigenvalue weighted by molar-refractivity contribution is -0.113. The van der Waals surface area contributed by atoms with Crippen molar-refractivity contribution in [3.63, 3.8) is 0 Å². The summed E-state index contributed by atoms with van der Waals surface area (Å²) in [4.78, 5) is 12.1. The average molecular weight is 250 g/mol. The van der Waals surface area contributed by atoms with Crippen LogP contribution in [0.5, 0.6) is 0 Å². The maximum absolute atomic E-state index is 12.1.